The Balaban J connectivity index is 2.93. The van der Waals surface area contributed by atoms with Crippen molar-refractivity contribution in [2.75, 3.05) is 13.2 Å². The van der Waals surface area contributed by atoms with Crippen LogP contribution in [0.5, 0.6) is 11.5 Å². The van der Waals surface area contributed by atoms with Crippen LogP contribution in [-0.4, -0.2) is 29.8 Å². The van der Waals surface area contributed by atoms with E-state index in [4.69, 9.17) is 15.2 Å². The zero-order chi connectivity index (χ0) is 17.5. The summed E-state index contributed by atoms with van der Waals surface area (Å²) in [5.74, 6) is 0.791. The van der Waals surface area contributed by atoms with Crippen LogP contribution >= 0.6 is 0 Å². The molecule has 0 spiro atoms. The van der Waals surface area contributed by atoms with Crippen LogP contribution in [0.15, 0.2) is 18.2 Å². The van der Waals surface area contributed by atoms with E-state index in [1.165, 1.54) is 0 Å². The molecule has 0 aliphatic heterocycles. The van der Waals surface area contributed by atoms with Crippen LogP contribution in [0, 0.1) is 5.92 Å². The van der Waals surface area contributed by atoms with E-state index in [1.807, 2.05) is 32.0 Å². The van der Waals surface area contributed by atoms with Gasteiger partial charge in [0.05, 0.1) is 13.2 Å². The number of hydrogen-bond acceptors (Lipinski definition) is 4. The van der Waals surface area contributed by atoms with E-state index in [0.717, 1.165) is 29.9 Å². The van der Waals surface area contributed by atoms with Crippen LogP contribution in [0.25, 0.3) is 0 Å². The molecule has 0 aromatic heterocycles. The van der Waals surface area contributed by atoms with Crippen molar-refractivity contribution in [1.29, 1.82) is 0 Å². The number of rotatable bonds is 10. The molecule has 0 saturated heterocycles. The molecular weight excluding hydrogens is 294 g/mol. The van der Waals surface area contributed by atoms with Gasteiger partial charge in [0, 0.05) is 6.07 Å². The van der Waals surface area contributed by atoms with Crippen molar-refractivity contribution in [2.45, 2.75) is 52.5 Å². The average Bonchev–Trinajstić information content (AvgIpc) is 2.49. The van der Waals surface area contributed by atoms with Crippen molar-refractivity contribution in [2.24, 2.45) is 11.7 Å². The molecule has 0 aliphatic rings. The fraction of sp³-hybridized carbons (Fsp3) is 0.611. The largest absolute Gasteiger partial charge is 0.494 e. The van der Waals surface area contributed by atoms with Crippen LogP contribution in [0.4, 0.5) is 0 Å². The quantitative estimate of drug-likeness (QED) is 0.691. The molecular formula is C18H29NO4. The highest BCUT2D eigenvalue weighted by atomic mass is 16.5. The van der Waals surface area contributed by atoms with Gasteiger partial charge in [-0.2, -0.15) is 0 Å². The van der Waals surface area contributed by atoms with Crippen molar-refractivity contribution in [3.05, 3.63) is 23.8 Å². The molecule has 0 heterocycles. The van der Waals surface area contributed by atoms with Gasteiger partial charge in [-0.25, -0.2) is 0 Å². The molecule has 0 fully saturated rings. The van der Waals surface area contributed by atoms with Crippen LogP contribution < -0.4 is 15.2 Å². The van der Waals surface area contributed by atoms with Crippen LogP contribution in [-0.2, 0) is 11.2 Å². The topological polar surface area (TPSA) is 81.8 Å². The standard InChI is InChI=1S/C18H29NO4/c1-5-13(12-18(4,19)17(20)21)10-14-8-9-15(22-6-2)11-16(14)23-7-3/h8-9,11,13H,5-7,10,12,19H2,1-4H3,(H,20,21). The second-order valence-electron chi connectivity index (χ2n) is 6.04. The molecule has 5 heteroatoms. The highest BCUT2D eigenvalue weighted by Crippen LogP contribution is 2.30. The van der Waals surface area contributed by atoms with Crippen molar-refractivity contribution in [1.82, 2.24) is 0 Å². The molecule has 0 amide bonds. The maximum atomic E-state index is 11.2. The number of benzene rings is 1. The lowest BCUT2D eigenvalue weighted by molar-refractivity contribution is -0.143. The minimum absolute atomic E-state index is 0.179. The van der Waals surface area contributed by atoms with Gasteiger partial charge in [0.2, 0.25) is 0 Å². The van der Waals surface area contributed by atoms with Gasteiger partial charge >= 0.3 is 5.97 Å². The summed E-state index contributed by atoms with van der Waals surface area (Å²) in [4.78, 5) is 11.2. The van der Waals surface area contributed by atoms with Crippen LogP contribution in [0.2, 0.25) is 0 Å². The Morgan fingerprint density at radius 2 is 1.91 bits per heavy atom. The van der Waals surface area contributed by atoms with Gasteiger partial charge in [-0.3, -0.25) is 4.79 Å². The molecule has 5 nitrogen and oxygen atoms in total. The van der Waals surface area contributed by atoms with Crippen molar-refractivity contribution in [3.8, 4) is 11.5 Å². The first-order valence-electron chi connectivity index (χ1n) is 8.24. The molecule has 2 atom stereocenters. The lowest BCUT2D eigenvalue weighted by Crippen LogP contribution is -2.46. The molecule has 130 valence electrons. The molecule has 0 radical (unpaired) electrons. The highest BCUT2D eigenvalue weighted by Gasteiger charge is 2.31. The molecule has 3 N–H and O–H groups in total. The lowest BCUT2D eigenvalue weighted by Gasteiger charge is -2.26. The maximum Gasteiger partial charge on any atom is 0.323 e. The van der Waals surface area contributed by atoms with E-state index in [0.29, 0.717) is 19.6 Å². The molecule has 1 aromatic carbocycles. The molecule has 0 aliphatic carbocycles. The SMILES string of the molecule is CCOc1ccc(CC(CC)CC(C)(N)C(=O)O)c(OCC)c1. The fourth-order valence-electron chi connectivity index (χ4n) is 2.61. The van der Waals surface area contributed by atoms with E-state index < -0.39 is 11.5 Å². The van der Waals surface area contributed by atoms with Gasteiger partial charge in [-0.05, 0) is 51.2 Å². The average molecular weight is 323 g/mol. The molecule has 23 heavy (non-hydrogen) atoms. The summed E-state index contributed by atoms with van der Waals surface area (Å²) in [5, 5.41) is 9.22. The first kappa shape index (κ1) is 19.3. The molecule has 0 saturated carbocycles. The number of carboxylic acid groups (broad SMARTS) is 1. The Morgan fingerprint density at radius 3 is 2.43 bits per heavy atom. The highest BCUT2D eigenvalue weighted by molar-refractivity contribution is 5.77. The number of carboxylic acids is 1. The number of carbonyl (C=O) groups is 1. The summed E-state index contributed by atoms with van der Waals surface area (Å²) < 4.78 is 11.2. The van der Waals surface area contributed by atoms with Gasteiger partial charge in [0.15, 0.2) is 0 Å². The van der Waals surface area contributed by atoms with Gasteiger partial charge < -0.3 is 20.3 Å². The Hall–Kier alpha value is -1.75. The Morgan fingerprint density at radius 1 is 1.26 bits per heavy atom. The lowest BCUT2D eigenvalue weighted by atomic mass is 9.84. The second-order valence-corrected chi connectivity index (χ2v) is 6.04. The van der Waals surface area contributed by atoms with Gasteiger partial charge in [-0.1, -0.05) is 19.4 Å². The number of hydrogen-bond donors (Lipinski definition) is 2. The smallest absolute Gasteiger partial charge is 0.323 e. The summed E-state index contributed by atoms with van der Waals surface area (Å²) in [6.07, 6.45) is 2.02. The zero-order valence-electron chi connectivity index (χ0n) is 14.6. The summed E-state index contributed by atoms with van der Waals surface area (Å²) in [6.45, 7) is 8.68. The van der Waals surface area contributed by atoms with E-state index >= 15 is 0 Å². The first-order valence-corrected chi connectivity index (χ1v) is 8.24. The van der Waals surface area contributed by atoms with Crippen LogP contribution in [0.1, 0.15) is 46.1 Å². The third kappa shape index (κ3) is 5.75. The Labute approximate surface area is 138 Å². The van der Waals surface area contributed by atoms with Crippen molar-refractivity contribution >= 4 is 5.97 Å². The summed E-state index contributed by atoms with van der Waals surface area (Å²) in [6, 6.07) is 5.81. The van der Waals surface area contributed by atoms with Gasteiger partial charge in [-0.15, -0.1) is 0 Å². The third-order valence-corrected chi connectivity index (χ3v) is 3.94. The van der Waals surface area contributed by atoms with E-state index in [1.54, 1.807) is 6.92 Å². The summed E-state index contributed by atoms with van der Waals surface area (Å²) >= 11 is 0. The number of ether oxygens (including phenoxy) is 2. The number of aliphatic carboxylic acids is 1. The Kier molecular flexibility index (Phi) is 7.36. The predicted molar refractivity (Wildman–Crippen MR) is 91.1 cm³/mol. The summed E-state index contributed by atoms with van der Waals surface area (Å²) in [7, 11) is 0. The third-order valence-electron chi connectivity index (χ3n) is 3.94. The molecule has 1 rings (SSSR count). The molecule has 0 bridgehead atoms. The summed E-state index contributed by atoms with van der Waals surface area (Å²) in [5.41, 5.74) is 5.75. The molecule has 1 aromatic rings. The van der Waals surface area contributed by atoms with E-state index in [2.05, 4.69) is 6.92 Å². The van der Waals surface area contributed by atoms with Crippen LogP contribution in [0.3, 0.4) is 0 Å². The molecule has 2 unspecified atom stereocenters. The van der Waals surface area contributed by atoms with Crippen molar-refractivity contribution < 1.29 is 19.4 Å². The van der Waals surface area contributed by atoms with Gasteiger partial charge in [0.1, 0.15) is 17.0 Å². The van der Waals surface area contributed by atoms with E-state index in [9.17, 15) is 9.90 Å². The second kappa shape index (κ2) is 8.77. The minimum atomic E-state index is -1.21. The number of nitrogens with two attached hydrogens (primary N) is 1. The van der Waals surface area contributed by atoms with Crippen molar-refractivity contribution in [3.63, 3.8) is 0 Å². The minimum Gasteiger partial charge on any atom is -0.494 e. The first-order chi connectivity index (χ1) is 10.8. The van der Waals surface area contributed by atoms with E-state index in [-0.39, 0.29) is 5.92 Å². The zero-order valence-corrected chi connectivity index (χ0v) is 14.6. The Bertz CT molecular complexity index is 514. The fourth-order valence-corrected chi connectivity index (χ4v) is 2.61. The monoisotopic (exact) mass is 323 g/mol. The predicted octanol–water partition coefficient (Wildman–Crippen LogP) is 3.24. The van der Waals surface area contributed by atoms with Gasteiger partial charge in [0.25, 0.3) is 0 Å². The maximum absolute atomic E-state index is 11.2. The normalized spacial score (nSPS) is 14.8.